The van der Waals surface area contributed by atoms with Gasteiger partial charge >= 0.3 is 0 Å². The molecule has 3 heterocycles. The maximum absolute atomic E-state index is 9.01. The summed E-state index contributed by atoms with van der Waals surface area (Å²) in [5.74, 6) is 0. The lowest BCUT2D eigenvalue weighted by atomic mass is 10.2. The molecular weight excluding hydrogens is 310 g/mol. The van der Waals surface area contributed by atoms with Crippen LogP contribution in [0.15, 0.2) is 40.3 Å². The quantitative estimate of drug-likeness (QED) is 0.673. The molecule has 88 valence electrons. The Morgan fingerprint density at radius 3 is 2.94 bits per heavy atom. The maximum atomic E-state index is 9.01. The molecule has 3 aromatic heterocycles. The van der Waals surface area contributed by atoms with Gasteiger partial charge in [-0.05, 0) is 39.5 Å². The number of thiophene rings is 1. The Morgan fingerprint density at radius 2 is 2.22 bits per heavy atom. The second-order valence-electron chi connectivity index (χ2n) is 3.76. The number of pyridine rings is 1. The number of nitrogens with zero attached hydrogens (tertiary/aromatic N) is 3. The Bertz CT molecular complexity index is 738. The molecule has 0 spiro atoms. The van der Waals surface area contributed by atoms with Gasteiger partial charge in [-0.15, -0.1) is 11.3 Å². The van der Waals surface area contributed by atoms with Crippen LogP contribution in [-0.2, 0) is 6.42 Å². The molecular formula is C13H8BrN3S. The number of hydrogen-bond acceptors (Lipinski definition) is 3. The van der Waals surface area contributed by atoms with Crippen molar-refractivity contribution in [2.24, 2.45) is 0 Å². The minimum absolute atomic E-state index is 0.344. The highest BCUT2D eigenvalue weighted by Gasteiger charge is 2.15. The SMILES string of the molecule is N#CCc1c(-c2cccs2)nc2cccc(Br)n12. The van der Waals surface area contributed by atoms with Crippen LogP contribution in [0.25, 0.3) is 16.2 Å². The molecule has 3 rings (SSSR count). The molecule has 3 aromatic rings. The van der Waals surface area contributed by atoms with Crippen LogP contribution in [0.4, 0.5) is 0 Å². The summed E-state index contributed by atoms with van der Waals surface area (Å²) in [6.45, 7) is 0. The molecule has 0 aliphatic rings. The second-order valence-corrected chi connectivity index (χ2v) is 5.52. The smallest absolute Gasteiger partial charge is 0.138 e. The van der Waals surface area contributed by atoms with Crippen molar-refractivity contribution in [1.82, 2.24) is 9.38 Å². The van der Waals surface area contributed by atoms with Crippen molar-refractivity contribution in [1.29, 1.82) is 5.26 Å². The molecule has 5 heteroatoms. The van der Waals surface area contributed by atoms with Gasteiger partial charge < -0.3 is 0 Å². The summed E-state index contributed by atoms with van der Waals surface area (Å²) in [5, 5.41) is 11.0. The number of aromatic nitrogens is 2. The first-order valence-corrected chi connectivity index (χ1v) is 7.05. The van der Waals surface area contributed by atoms with Crippen molar-refractivity contribution in [2.75, 3.05) is 0 Å². The normalized spacial score (nSPS) is 10.7. The zero-order chi connectivity index (χ0) is 12.5. The topological polar surface area (TPSA) is 41.1 Å². The fourth-order valence-corrected chi connectivity index (χ4v) is 3.24. The molecule has 0 atom stereocenters. The number of imidazole rings is 1. The first-order chi connectivity index (χ1) is 8.81. The Morgan fingerprint density at radius 1 is 1.33 bits per heavy atom. The van der Waals surface area contributed by atoms with Crippen LogP contribution in [0.3, 0.4) is 0 Å². The highest BCUT2D eigenvalue weighted by Crippen LogP contribution is 2.30. The average Bonchev–Trinajstić information content (AvgIpc) is 2.97. The molecule has 0 bridgehead atoms. The molecule has 0 fully saturated rings. The van der Waals surface area contributed by atoms with E-state index < -0.39 is 0 Å². The lowest BCUT2D eigenvalue weighted by molar-refractivity contribution is 1.03. The molecule has 0 aromatic carbocycles. The Labute approximate surface area is 116 Å². The number of fused-ring (bicyclic) bond motifs is 1. The molecule has 0 unspecified atom stereocenters. The highest BCUT2D eigenvalue weighted by atomic mass is 79.9. The van der Waals surface area contributed by atoms with Crippen LogP contribution in [0, 0.1) is 11.3 Å². The summed E-state index contributed by atoms with van der Waals surface area (Å²) >= 11 is 5.15. The van der Waals surface area contributed by atoms with Crippen LogP contribution in [0.2, 0.25) is 0 Å². The van der Waals surface area contributed by atoms with E-state index in [9.17, 15) is 0 Å². The minimum atomic E-state index is 0.344. The first-order valence-electron chi connectivity index (χ1n) is 5.38. The molecule has 0 saturated heterocycles. The average molecular weight is 318 g/mol. The predicted molar refractivity (Wildman–Crippen MR) is 75.5 cm³/mol. The molecule has 0 N–H and O–H groups in total. The van der Waals surface area contributed by atoms with Crippen molar-refractivity contribution < 1.29 is 0 Å². The van der Waals surface area contributed by atoms with Crippen molar-refractivity contribution in [3.05, 3.63) is 46.0 Å². The van der Waals surface area contributed by atoms with Gasteiger partial charge in [0.05, 0.1) is 27.7 Å². The Hall–Kier alpha value is -1.64. The number of hydrogen-bond donors (Lipinski definition) is 0. The van der Waals surface area contributed by atoms with E-state index in [2.05, 4.69) is 27.0 Å². The monoisotopic (exact) mass is 317 g/mol. The van der Waals surface area contributed by atoms with E-state index in [0.717, 1.165) is 26.5 Å². The Balaban J connectivity index is 2.36. The third-order valence-electron chi connectivity index (χ3n) is 2.69. The van der Waals surface area contributed by atoms with E-state index in [0.29, 0.717) is 6.42 Å². The van der Waals surface area contributed by atoms with E-state index in [1.807, 2.05) is 40.1 Å². The molecule has 0 saturated carbocycles. The van der Waals surface area contributed by atoms with Crippen molar-refractivity contribution in [3.63, 3.8) is 0 Å². The fourth-order valence-electron chi connectivity index (χ4n) is 1.96. The standard InChI is InChI=1S/C13H8BrN3S/c14-11-4-1-5-12-16-13(10-3-2-8-18-10)9(6-7-15)17(11)12/h1-5,8H,6H2. The summed E-state index contributed by atoms with van der Waals surface area (Å²) in [5.41, 5.74) is 2.69. The van der Waals surface area contributed by atoms with E-state index >= 15 is 0 Å². The molecule has 0 aliphatic carbocycles. The summed E-state index contributed by atoms with van der Waals surface area (Å²) in [6, 6.07) is 12.1. The van der Waals surface area contributed by atoms with Gasteiger partial charge in [0.1, 0.15) is 11.3 Å². The van der Waals surface area contributed by atoms with Crippen LogP contribution in [0.5, 0.6) is 0 Å². The predicted octanol–water partition coefficient (Wildman–Crippen LogP) is 3.89. The Kier molecular flexibility index (Phi) is 2.90. The van der Waals surface area contributed by atoms with Crippen LogP contribution < -0.4 is 0 Å². The zero-order valence-corrected chi connectivity index (χ0v) is 11.7. The fraction of sp³-hybridized carbons (Fsp3) is 0.0769. The molecule has 18 heavy (non-hydrogen) atoms. The van der Waals surface area contributed by atoms with Gasteiger partial charge in [0.2, 0.25) is 0 Å². The lowest BCUT2D eigenvalue weighted by Gasteiger charge is -2.01. The largest absolute Gasteiger partial charge is 0.289 e. The summed E-state index contributed by atoms with van der Waals surface area (Å²) in [7, 11) is 0. The number of nitriles is 1. The van der Waals surface area contributed by atoms with Gasteiger partial charge in [-0.2, -0.15) is 5.26 Å². The van der Waals surface area contributed by atoms with Gasteiger partial charge in [0, 0.05) is 0 Å². The molecule has 0 amide bonds. The summed E-state index contributed by atoms with van der Waals surface area (Å²) in [6.07, 6.45) is 0.344. The van der Waals surface area contributed by atoms with Gasteiger partial charge in [-0.1, -0.05) is 12.1 Å². The first kappa shape index (κ1) is 11.5. The van der Waals surface area contributed by atoms with E-state index in [1.54, 1.807) is 11.3 Å². The maximum Gasteiger partial charge on any atom is 0.138 e. The summed E-state index contributed by atoms with van der Waals surface area (Å²) < 4.78 is 2.90. The molecule has 3 nitrogen and oxygen atoms in total. The molecule has 0 aliphatic heterocycles. The van der Waals surface area contributed by atoms with Gasteiger partial charge in [0.15, 0.2) is 0 Å². The van der Waals surface area contributed by atoms with Gasteiger partial charge in [-0.25, -0.2) is 4.98 Å². The van der Waals surface area contributed by atoms with Crippen LogP contribution in [-0.4, -0.2) is 9.38 Å². The van der Waals surface area contributed by atoms with Crippen molar-refractivity contribution >= 4 is 32.9 Å². The third kappa shape index (κ3) is 1.74. The van der Waals surface area contributed by atoms with Gasteiger partial charge in [-0.3, -0.25) is 4.40 Å². The lowest BCUT2D eigenvalue weighted by Crippen LogP contribution is -1.94. The van der Waals surface area contributed by atoms with Gasteiger partial charge in [0.25, 0.3) is 0 Å². The van der Waals surface area contributed by atoms with Crippen molar-refractivity contribution in [2.45, 2.75) is 6.42 Å². The van der Waals surface area contributed by atoms with E-state index in [4.69, 9.17) is 5.26 Å². The zero-order valence-electron chi connectivity index (χ0n) is 9.30. The van der Waals surface area contributed by atoms with E-state index in [-0.39, 0.29) is 0 Å². The third-order valence-corrected chi connectivity index (χ3v) is 4.19. The van der Waals surface area contributed by atoms with E-state index in [1.165, 1.54) is 0 Å². The highest BCUT2D eigenvalue weighted by molar-refractivity contribution is 9.10. The minimum Gasteiger partial charge on any atom is -0.289 e. The summed E-state index contributed by atoms with van der Waals surface area (Å²) in [4.78, 5) is 5.72. The number of halogens is 1. The molecule has 0 radical (unpaired) electrons. The van der Waals surface area contributed by atoms with Crippen molar-refractivity contribution in [3.8, 4) is 16.6 Å². The number of rotatable bonds is 2. The van der Waals surface area contributed by atoms with Crippen LogP contribution in [0.1, 0.15) is 5.69 Å². The second kappa shape index (κ2) is 4.56. The van der Waals surface area contributed by atoms with Crippen LogP contribution >= 0.6 is 27.3 Å².